The number of benzene rings is 3. The summed E-state index contributed by atoms with van der Waals surface area (Å²) in [6, 6.07) is 25.8. The molecule has 0 heterocycles. The number of ether oxygens (including phenoxy) is 2. The predicted molar refractivity (Wildman–Crippen MR) is 101 cm³/mol. The normalized spacial score (nSPS) is 11.0. The largest absolute Gasteiger partial charge is 0.497 e. The summed E-state index contributed by atoms with van der Waals surface area (Å²) >= 11 is 0. The highest BCUT2D eigenvalue weighted by Crippen LogP contribution is 2.22. The van der Waals surface area contributed by atoms with Crippen LogP contribution in [0.1, 0.15) is 27.6 Å². The Balaban J connectivity index is 1.88. The summed E-state index contributed by atoms with van der Waals surface area (Å²) in [7, 11) is 1.61. The lowest BCUT2D eigenvalue weighted by Gasteiger charge is -2.13. The van der Waals surface area contributed by atoms with E-state index in [1.165, 1.54) is 0 Å². The zero-order valence-corrected chi connectivity index (χ0v) is 14.4. The van der Waals surface area contributed by atoms with Crippen LogP contribution in [0.4, 0.5) is 0 Å². The second-order valence-corrected chi connectivity index (χ2v) is 5.56. The number of carbonyl (C=O) groups is 1. The van der Waals surface area contributed by atoms with Crippen LogP contribution >= 0.6 is 0 Å². The summed E-state index contributed by atoms with van der Waals surface area (Å²) in [5.41, 5.74) is 2.15. The number of carbonyl (C=O) groups excluding carboxylic acids is 1. The number of hydrogen-bond donors (Lipinski definition) is 0. The smallest absolute Gasteiger partial charge is 0.339 e. The molecule has 0 N–H and O–H groups in total. The molecule has 3 heteroatoms. The molecule has 0 spiro atoms. The topological polar surface area (TPSA) is 35.5 Å². The summed E-state index contributed by atoms with van der Waals surface area (Å²) in [5, 5.41) is 0. The molecule has 0 aromatic heterocycles. The van der Waals surface area contributed by atoms with Crippen LogP contribution in [-0.4, -0.2) is 13.1 Å². The lowest BCUT2D eigenvalue weighted by atomic mass is 10.1. The Morgan fingerprint density at radius 2 is 1.46 bits per heavy atom. The van der Waals surface area contributed by atoms with Crippen LogP contribution in [0.2, 0.25) is 0 Å². The van der Waals surface area contributed by atoms with Crippen molar-refractivity contribution in [2.75, 3.05) is 7.11 Å². The summed E-state index contributed by atoms with van der Waals surface area (Å²) < 4.78 is 10.8. The van der Waals surface area contributed by atoms with Gasteiger partial charge in [-0.15, -0.1) is 0 Å². The SMILES string of the molecule is COc1ccc(C(C#Cc2ccccc2)OC(=O)c2ccccc2)cc1. The van der Waals surface area contributed by atoms with Gasteiger partial charge in [0.25, 0.3) is 0 Å². The summed E-state index contributed by atoms with van der Waals surface area (Å²) in [6.45, 7) is 0. The highest BCUT2D eigenvalue weighted by atomic mass is 16.5. The monoisotopic (exact) mass is 342 g/mol. The molecule has 0 bridgehead atoms. The van der Waals surface area contributed by atoms with Gasteiger partial charge in [0.05, 0.1) is 12.7 Å². The first-order chi connectivity index (χ1) is 12.8. The molecule has 3 aromatic carbocycles. The zero-order chi connectivity index (χ0) is 18.2. The van der Waals surface area contributed by atoms with Gasteiger partial charge in [-0.2, -0.15) is 0 Å². The highest BCUT2D eigenvalue weighted by Gasteiger charge is 2.16. The highest BCUT2D eigenvalue weighted by molar-refractivity contribution is 5.89. The Morgan fingerprint density at radius 1 is 0.846 bits per heavy atom. The lowest BCUT2D eigenvalue weighted by molar-refractivity contribution is 0.0408. The van der Waals surface area contributed by atoms with Gasteiger partial charge in [0.1, 0.15) is 5.75 Å². The van der Waals surface area contributed by atoms with Crippen LogP contribution in [0, 0.1) is 11.8 Å². The van der Waals surface area contributed by atoms with Crippen LogP contribution in [0.15, 0.2) is 84.9 Å². The minimum Gasteiger partial charge on any atom is -0.497 e. The Morgan fingerprint density at radius 3 is 2.08 bits per heavy atom. The zero-order valence-electron chi connectivity index (χ0n) is 14.4. The van der Waals surface area contributed by atoms with E-state index in [0.717, 1.165) is 16.9 Å². The van der Waals surface area contributed by atoms with Crippen molar-refractivity contribution < 1.29 is 14.3 Å². The molecule has 0 saturated heterocycles. The average Bonchev–Trinajstić information content (AvgIpc) is 2.72. The molecule has 128 valence electrons. The Bertz CT molecular complexity index is 904. The molecule has 0 aliphatic rings. The number of esters is 1. The molecule has 0 aliphatic heterocycles. The first kappa shape index (κ1) is 17.3. The van der Waals surface area contributed by atoms with Crippen LogP contribution in [0.5, 0.6) is 5.75 Å². The van der Waals surface area contributed by atoms with Crippen LogP contribution < -0.4 is 4.74 Å². The fraction of sp³-hybridized carbons (Fsp3) is 0.0870. The third-order valence-corrected chi connectivity index (χ3v) is 3.77. The molecule has 3 aromatic rings. The van der Waals surface area contributed by atoms with Gasteiger partial charge in [0, 0.05) is 11.1 Å². The molecule has 0 radical (unpaired) electrons. The molecule has 0 aliphatic carbocycles. The molecule has 3 rings (SSSR count). The van der Waals surface area contributed by atoms with Crippen molar-refractivity contribution in [1.82, 2.24) is 0 Å². The molecule has 0 saturated carbocycles. The van der Waals surface area contributed by atoms with Gasteiger partial charge in [-0.25, -0.2) is 4.79 Å². The fourth-order valence-corrected chi connectivity index (χ4v) is 2.38. The Kier molecular flexibility index (Phi) is 5.69. The van der Waals surface area contributed by atoms with Gasteiger partial charge < -0.3 is 9.47 Å². The minimum absolute atomic E-state index is 0.409. The van der Waals surface area contributed by atoms with Crippen molar-refractivity contribution in [2.45, 2.75) is 6.10 Å². The van der Waals surface area contributed by atoms with Gasteiger partial charge in [-0.1, -0.05) is 54.5 Å². The van der Waals surface area contributed by atoms with E-state index >= 15 is 0 Å². The molecule has 3 nitrogen and oxygen atoms in total. The van der Waals surface area contributed by atoms with Gasteiger partial charge in [-0.05, 0) is 42.3 Å². The molecule has 0 amide bonds. The number of methoxy groups -OCH3 is 1. The van der Waals surface area contributed by atoms with Crippen molar-refractivity contribution in [3.05, 3.63) is 102 Å². The van der Waals surface area contributed by atoms with E-state index in [9.17, 15) is 4.79 Å². The predicted octanol–water partition coefficient (Wildman–Crippen LogP) is 4.65. The van der Waals surface area contributed by atoms with E-state index in [-0.39, 0.29) is 0 Å². The second-order valence-electron chi connectivity index (χ2n) is 5.56. The first-order valence-corrected chi connectivity index (χ1v) is 8.23. The molecule has 0 fully saturated rings. The van der Waals surface area contributed by atoms with Crippen LogP contribution in [0.3, 0.4) is 0 Å². The van der Waals surface area contributed by atoms with Crippen molar-refractivity contribution in [1.29, 1.82) is 0 Å². The van der Waals surface area contributed by atoms with Crippen molar-refractivity contribution >= 4 is 5.97 Å². The van der Waals surface area contributed by atoms with E-state index in [2.05, 4.69) is 11.8 Å². The Labute approximate surface area is 153 Å². The molecular weight excluding hydrogens is 324 g/mol. The van der Waals surface area contributed by atoms with Crippen LogP contribution in [-0.2, 0) is 4.74 Å². The van der Waals surface area contributed by atoms with E-state index in [1.54, 1.807) is 31.4 Å². The van der Waals surface area contributed by atoms with Gasteiger partial charge in [0.15, 0.2) is 6.10 Å². The Hall–Kier alpha value is -3.51. The van der Waals surface area contributed by atoms with E-state index in [4.69, 9.17) is 9.47 Å². The summed E-state index contributed by atoms with van der Waals surface area (Å²) in [4.78, 5) is 12.4. The third-order valence-electron chi connectivity index (χ3n) is 3.77. The van der Waals surface area contributed by atoms with Crippen molar-refractivity contribution in [3.8, 4) is 17.6 Å². The van der Waals surface area contributed by atoms with E-state index < -0.39 is 12.1 Å². The van der Waals surface area contributed by atoms with Crippen molar-refractivity contribution in [3.63, 3.8) is 0 Å². The first-order valence-electron chi connectivity index (χ1n) is 8.23. The summed E-state index contributed by atoms with van der Waals surface area (Å²) in [5.74, 6) is 6.45. The second kappa shape index (κ2) is 8.55. The molecule has 1 atom stereocenters. The molecule has 26 heavy (non-hydrogen) atoms. The van der Waals surface area contributed by atoms with Gasteiger partial charge in [0.2, 0.25) is 0 Å². The number of rotatable bonds is 4. The maximum absolute atomic E-state index is 12.4. The van der Waals surface area contributed by atoms with Crippen molar-refractivity contribution in [2.24, 2.45) is 0 Å². The quantitative estimate of drug-likeness (QED) is 0.512. The molecule has 1 unspecified atom stereocenters. The maximum Gasteiger partial charge on any atom is 0.339 e. The van der Waals surface area contributed by atoms with Gasteiger partial charge >= 0.3 is 5.97 Å². The fourth-order valence-electron chi connectivity index (χ4n) is 2.38. The standard InChI is InChI=1S/C23H18O3/c1-25-21-15-13-19(14-16-21)22(17-12-18-8-4-2-5-9-18)26-23(24)20-10-6-3-7-11-20/h2-11,13-16,22H,1H3. The number of hydrogen-bond acceptors (Lipinski definition) is 3. The minimum atomic E-state index is -0.672. The third kappa shape index (κ3) is 4.52. The maximum atomic E-state index is 12.4. The van der Waals surface area contributed by atoms with E-state index in [0.29, 0.717) is 5.56 Å². The lowest BCUT2D eigenvalue weighted by Crippen LogP contribution is -2.10. The van der Waals surface area contributed by atoms with E-state index in [1.807, 2.05) is 60.7 Å². The average molecular weight is 342 g/mol. The van der Waals surface area contributed by atoms with Gasteiger partial charge in [-0.3, -0.25) is 0 Å². The van der Waals surface area contributed by atoms with Crippen LogP contribution in [0.25, 0.3) is 0 Å². The summed E-state index contributed by atoms with van der Waals surface area (Å²) in [6.07, 6.45) is -0.672. The molecular formula is C23H18O3.